The second-order valence-electron chi connectivity index (χ2n) is 5.72. The van der Waals surface area contributed by atoms with Crippen molar-refractivity contribution in [2.75, 3.05) is 18.5 Å². The van der Waals surface area contributed by atoms with Crippen LogP contribution in [-0.4, -0.2) is 28.4 Å². The Balaban J connectivity index is 1.51. The van der Waals surface area contributed by atoms with Gasteiger partial charge in [0, 0.05) is 18.5 Å². The zero-order valence-electron chi connectivity index (χ0n) is 12.6. The highest BCUT2D eigenvalue weighted by Gasteiger charge is 2.22. The molecule has 2 aromatic carbocycles. The number of ether oxygens (including phenoxy) is 1. The normalized spacial score (nSPS) is 16.4. The van der Waals surface area contributed by atoms with Crippen LogP contribution in [0.2, 0.25) is 0 Å². The second-order valence-corrected chi connectivity index (χ2v) is 5.72. The summed E-state index contributed by atoms with van der Waals surface area (Å²) in [6, 6.07) is 11.0. The summed E-state index contributed by atoms with van der Waals surface area (Å²) >= 11 is 0. The van der Waals surface area contributed by atoms with Crippen LogP contribution in [-0.2, 0) is 6.42 Å². The van der Waals surface area contributed by atoms with Crippen LogP contribution in [0.5, 0.6) is 5.75 Å². The Kier molecular flexibility index (Phi) is 3.49. The van der Waals surface area contributed by atoms with Crippen LogP contribution in [0.4, 0.5) is 11.4 Å². The molecule has 0 unspecified atom stereocenters. The molecular weight excluding hydrogens is 312 g/mol. The molecule has 1 N–H and O–H groups in total. The number of aromatic nitrogens is 2. The third-order valence-electron chi connectivity index (χ3n) is 4.13. The number of nitro benzene ring substituents is 1. The lowest BCUT2D eigenvalue weighted by Gasteiger charge is -2.25. The largest absolute Gasteiger partial charge is 0.493 e. The fraction of sp³-hybridized carbons (Fsp3) is 0.250. The number of anilines is 1. The summed E-state index contributed by atoms with van der Waals surface area (Å²) in [6.45, 7) is 1.28. The molecule has 4 rings (SSSR count). The van der Waals surface area contributed by atoms with Crippen molar-refractivity contribution >= 4 is 22.4 Å². The molecule has 0 bridgehead atoms. The minimum absolute atomic E-state index is 0.119. The molecule has 0 saturated heterocycles. The van der Waals surface area contributed by atoms with Crippen molar-refractivity contribution in [3.63, 3.8) is 0 Å². The Morgan fingerprint density at radius 3 is 2.92 bits per heavy atom. The Morgan fingerprint density at radius 2 is 2.04 bits per heavy atom. The molecule has 0 amide bonds. The van der Waals surface area contributed by atoms with Crippen molar-refractivity contribution in [3.8, 4) is 5.75 Å². The molecular formula is C16H14N4O4. The monoisotopic (exact) mass is 326 g/mol. The number of para-hydroxylation sites is 1. The lowest BCUT2D eigenvalue weighted by Crippen LogP contribution is -2.27. The van der Waals surface area contributed by atoms with E-state index in [-0.39, 0.29) is 11.2 Å². The van der Waals surface area contributed by atoms with Gasteiger partial charge in [0.05, 0.1) is 17.2 Å². The highest BCUT2D eigenvalue weighted by Crippen LogP contribution is 2.30. The average molecular weight is 326 g/mol. The van der Waals surface area contributed by atoms with Crippen molar-refractivity contribution in [1.29, 1.82) is 0 Å². The number of non-ortho nitro benzene ring substituents is 1. The number of rotatable bonds is 4. The summed E-state index contributed by atoms with van der Waals surface area (Å²) < 4.78 is 10.4. The molecule has 24 heavy (non-hydrogen) atoms. The van der Waals surface area contributed by atoms with Crippen LogP contribution in [0.3, 0.4) is 0 Å². The predicted octanol–water partition coefficient (Wildman–Crippen LogP) is 2.79. The van der Waals surface area contributed by atoms with E-state index in [1.165, 1.54) is 11.6 Å². The Bertz CT molecular complexity index is 908. The smallest absolute Gasteiger partial charge is 0.300 e. The Morgan fingerprint density at radius 1 is 1.21 bits per heavy atom. The summed E-state index contributed by atoms with van der Waals surface area (Å²) in [7, 11) is 0. The number of hydrogen-bond donors (Lipinski definition) is 1. The zero-order chi connectivity index (χ0) is 16.5. The Labute approximate surface area is 136 Å². The van der Waals surface area contributed by atoms with E-state index in [2.05, 4.69) is 26.3 Å². The van der Waals surface area contributed by atoms with Gasteiger partial charge in [0.1, 0.15) is 5.75 Å². The van der Waals surface area contributed by atoms with Crippen LogP contribution >= 0.6 is 0 Å². The molecule has 8 nitrogen and oxygen atoms in total. The molecule has 1 aliphatic rings. The highest BCUT2D eigenvalue weighted by molar-refractivity contribution is 5.93. The number of nitro groups is 1. The summed E-state index contributed by atoms with van der Waals surface area (Å²) in [4.78, 5) is 10.5. The van der Waals surface area contributed by atoms with Gasteiger partial charge < -0.3 is 10.1 Å². The van der Waals surface area contributed by atoms with Crippen LogP contribution in [0.1, 0.15) is 5.56 Å². The first-order valence-corrected chi connectivity index (χ1v) is 7.56. The van der Waals surface area contributed by atoms with Crippen LogP contribution in [0, 0.1) is 16.0 Å². The zero-order valence-corrected chi connectivity index (χ0v) is 12.6. The van der Waals surface area contributed by atoms with Crippen molar-refractivity contribution in [3.05, 3.63) is 52.1 Å². The first-order valence-electron chi connectivity index (χ1n) is 7.56. The van der Waals surface area contributed by atoms with Crippen molar-refractivity contribution in [2.45, 2.75) is 6.42 Å². The first-order chi connectivity index (χ1) is 11.7. The summed E-state index contributed by atoms with van der Waals surface area (Å²) in [5.74, 6) is 1.23. The van der Waals surface area contributed by atoms with E-state index < -0.39 is 4.92 Å². The van der Waals surface area contributed by atoms with Crippen LogP contribution in [0.25, 0.3) is 11.0 Å². The molecule has 1 aliphatic heterocycles. The fourth-order valence-electron chi connectivity index (χ4n) is 2.92. The third-order valence-corrected chi connectivity index (χ3v) is 4.13. The molecule has 2 heterocycles. The van der Waals surface area contributed by atoms with E-state index in [0.29, 0.717) is 30.3 Å². The molecule has 0 spiro atoms. The molecule has 0 aliphatic carbocycles. The molecule has 1 aromatic heterocycles. The first kappa shape index (κ1) is 14.4. The lowest BCUT2D eigenvalue weighted by atomic mass is 9.96. The van der Waals surface area contributed by atoms with E-state index in [4.69, 9.17) is 4.74 Å². The van der Waals surface area contributed by atoms with Gasteiger partial charge in [0.15, 0.2) is 5.52 Å². The van der Waals surface area contributed by atoms with Gasteiger partial charge in [0.25, 0.3) is 0 Å². The number of nitrogens with one attached hydrogen (secondary N) is 1. The van der Waals surface area contributed by atoms with E-state index in [1.54, 1.807) is 6.07 Å². The molecule has 0 radical (unpaired) electrons. The van der Waals surface area contributed by atoms with Crippen molar-refractivity contribution in [1.82, 2.24) is 10.3 Å². The molecule has 3 aromatic rings. The molecule has 0 fully saturated rings. The SMILES string of the molecule is O=[N+]([O-])c1ccc(NC[C@H]2COc3ccccc3C2)c2nonc12. The van der Waals surface area contributed by atoms with E-state index >= 15 is 0 Å². The summed E-state index contributed by atoms with van der Waals surface area (Å²) in [5, 5.41) is 21.7. The van der Waals surface area contributed by atoms with E-state index in [9.17, 15) is 10.1 Å². The average Bonchev–Trinajstić information content (AvgIpc) is 3.09. The van der Waals surface area contributed by atoms with Crippen LogP contribution in [0.15, 0.2) is 41.0 Å². The second kappa shape index (κ2) is 5.80. The van der Waals surface area contributed by atoms with E-state index in [1.807, 2.05) is 18.2 Å². The maximum absolute atomic E-state index is 11.0. The standard InChI is InChI=1S/C16H14N4O4/c21-20(22)13-6-5-12(15-16(13)19-24-18-15)17-8-10-7-11-3-1-2-4-14(11)23-9-10/h1-6,10,17H,7-9H2/t10-/m0/s1. The van der Waals surface area contributed by atoms with Gasteiger partial charge in [-0.05, 0) is 34.4 Å². The third kappa shape index (κ3) is 2.51. The maximum atomic E-state index is 11.0. The molecule has 1 atom stereocenters. The summed E-state index contributed by atoms with van der Waals surface area (Å²) in [5.41, 5.74) is 2.24. The molecule has 8 heteroatoms. The fourth-order valence-corrected chi connectivity index (χ4v) is 2.92. The van der Waals surface area contributed by atoms with Gasteiger partial charge in [-0.3, -0.25) is 10.1 Å². The van der Waals surface area contributed by atoms with Gasteiger partial charge in [-0.1, -0.05) is 18.2 Å². The van der Waals surface area contributed by atoms with Gasteiger partial charge in [0.2, 0.25) is 5.52 Å². The number of benzene rings is 2. The Hall–Kier alpha value is -3.16. The maximum Gasteiger partial charge on any atom is 0.300 e. The van der Waals surface area contributed by atoms with Crippen molar-refractivity contribution in [2.24, 2.45) is 5.92 Å². The number of fused-ring (bicyclic) bond motifs is 2. The van der Waals surface area contributed by atoms with E-state index in [0.717, 1.165) is 12.2 Å². The quantitative estimate of drug-likeness (QED) is 0.580. The highest BCUT2D eigenvalue weighted by atomic mass is 16.6. The molecule has 0 saturated carbocycles. The van der Waals surface area contributed by atoms with Crippen LogP contribution < -0.4 is 10.1 Å². The topological polar surface area (TPSA) is 103 Å². The molecule has 122 valence electrons. The summed E-state index contributed by atoms with van der Waals surface area (Å²) in [6.07, 6.45) is 0.913. The lowest BCUT2D eigenvalue weighted by molar-refractivity contribution is -0.383. The number of nitrogens with zero attached hydrogens (tertiary/aromatic N) is 3. The number of hydrogen-bond acceptors (Lipinski definition) is 7. The minimum atomic E-state index is -0.498. The predicted molar refractivity (Wildman–Crippen MR) is 86.1 cm³/mol. The van der Waals surface area contributed by atoms with Gasteiger partial charge in [-0.25, -0.2) is 4.63 Å². The van der Waals surface area contributed by atoms with Crippen molar-refractivity contribution < 1.29 is 14.3 Å². The van der Waals surface area contributed by atoms with Gasteiger partial charge >= 0.3 is 5.69 Å². The van der Waals surface area contributed by atoms with Gasteiger partial charge in [-0.15, -0.1) is 0 Å². The van der Waals surface area contributed by atoms with Gasteiger partial charge in [-0.2, -0.15) is 0 Å². The minimum Gasteiger partial charge on any atom is -0.493 e.